The lowest BCUT2D eigenvalue weighted by Crippen LogP contribution is -2.48. The lowest BCUT2D eigenvalue weighted by Gasteiger charge is -2.23. The average molecular weight is 308 g/mol. The zero-order valence-electron chi connectivity index (χ0n) is 10.4. The van der Waals surface area contributed by atoms with Gasteiger partial charge in [-0.1, -0.05) is 17.7 Å². The maximum atomic E-state index is 12.2. The summed E-state index contributed by atoms with van der Waals surface area (Å²) in [7, 11) is -4.14. The van der Waals surface area contributed by atoms with Crippen molar-refractivity contribution in [2.45, 2.75) is 24.3 Å². The third kappa shape index (κ3) is 3.63. The molecule has 0 atom stereocenters. The van der Waals surface area contributed by atoms with Crippen LogP contribution in [0, 0.1) is 10.1 Å². The van der Waals surface area contributed by atoms with Gasteiger partial charge >= 0.3 is 0 Å². The zero-order chi connectivity index (χ0) is 14.8. The van der Waals surface area contributed by atoms with Gasteiger partial charge in [-0.05, 0) is 19.9 Å². The molecule has 0 aromatic heterocycles. The Bertz CT molecular complexity index is 601. The number of rotatable bonds is 5. The molecule has 3 N–H and O–H groups in total. The van der Waals surface area contributed by atoms with E-state index in [-0.39, 0.29) is 11.6 Å². The lowest BCUT2D eigenvalue weighted by molar-refractivity contribution is -0.387. The number of nitrogens with one attached hydrogen (secondary N) is 1. The maximum Gasteiger partial charge on any atom is 0.290 e. The van der Waals surface area contributed by atoms with Crippen molar-refractivity contribution in [1.29, 1.82) is 0 Å². The summed E-state index contributed by atoms with van der Waals surface area (Å²) >= 11 is 5.78. The van der Waals surface area contributed by atoms with Crippen LogP contribution in [0.5, 0.6) is 0 Å². The molecule has 0 spiro atoms. The second-order valence-electron chi connectivity index (χ2n) is 4.54. The molecule has 0 aliphatic rings. The summed E-state index contributed by atoms with van der Waals surface area (Å²) in [6.45, 7) is 3.16. The standard InChI is InChI=1S/C10H14ClN3O4S/c1-10(2,6-12)13-19(17,18)9-7(11)4-3-5-8(9)14(15)16/h3-5,13H,6,12H2,1-2H3. The highest BCUT2D eigenvalue weighted by Gasteiger charge is 2.32. The van der Waals surface area contributed by atoms with Crippen molar-refractivity contribution >= 4 is 27.3 Å². The van der Waals surface area contributed by atoms with E-state index in [2.05, 4.69) is 4.72 Å². The smallest absolute Gasteiger partial charge is 0.290 e. The third-order valence-electron chi connectivity index (χ3n) is 2.33. The van der Waals surface area contributed by atoms with Gasteiger partial charge in [-0.15, -0.1) is 0 Å². The number of benzene rings is 1. The van der Waals surface area contributed by atoms with Crippen LogP contribution in [0.3, 0.4) is 0 Å². The van der Waals surface area contributed by atoms with Gasteiger partial charge in [-0.2, -0.15) is 0 Å². The van der Waals surface area contributed by atoms with E-state index in [4.69, 9.17) is 17.3 Å². The minimum absolute atomic E-state index is 0.0322. The molecule has 0 fully saturated rings. The van der Waals surface area contributed by atoms with Crippen LogP contribution in [0.4, 0.5) is 5.69 Å². The first-order chi connectivity index (χ1) is 8.60. The summed E-state index contributed by atoms with van der Waals surface area (Å²) in [5.74, 6) is 0. The summed E-state index contributed by atoms with van der Waals surface area (Å²) < 4.78 is 26.7. The number of halogens is 1. The highest BCUT2D eigenvalue weighted by Crippen LogP contribution is 2.31. The molecule has 7 nitrogen and oxygen atoms in total. The van der Waals surface area contributed by atoms with E-state index >= 15 is 0 Å². The zero-order valence-corrected chi connectivity index (χ0v) is 12.0. The number of nitro groups is 1. The Morgan fingerprint density at radius 1 is 1.47 bits per heavy atom. The second-order valence-corrected chi connectivity index (χ2v) is 6.57. The summed E-state index contributed by atoms with van der Waals surface area (Å²) in [6.07, 6.45) is 0. The summed E-state index contributed by atoms with van der Waals surface area (Å²) in [5, 5.41) is 10.7. The summed E-state index contributed by atoms with van der Waals surface area (Å²) in [4.78, 5) is 9.54. The number of nitrogens with zero attached hydrogens (tertiary/aromatic N) is 1. The van der Waals surface area contributed by atoms with Gasteiger partial charge < -0.3 is 5.73 Å². The molecule has 1 rings (SSSR count). The lowest BCUT2D eigenvalue weighted by atomic mass is 10.1. The third-order valence-corrected chi connectivity index (χ3v) is 4.55. The van der Waals surface area contributed by atoms with Crippen LogP contribution in [-0.4, -0.2) is 25.4 Å². The van der Waals surface area contributed by atoms with E-state index in [0.29, 0.717) is 0 Å². The first kappa shape index (κ1) is 15.8. The van der Waals surface area contributed by atoms with Gasteiger partial charge in [-0.25, -0.2) is 13.1 Å². The number of nitrogens with two attached hydrogens (primary N) is 1. The molecule has 0 bridgehead atoms. The molecule has 0 heterocycles. The molecule has 0 saturated heterocycles. The fourth-order valence-electron chi connectivity index (χ4n) is 1.36. The normalized spacial score (nSPS) is 12.4. The van der Waals surface area contributed by atoms with Crippen LogP contribution in [0.2, 0.25) is 5.02 Å². The molecule has 0 aliphatic heterocycles. The fraction of sp³-hybridized carbons (Fsp3) is 0.400. The van der Waals surface area contributed by atoms with E-state index < -0.39 is 31.1 Å². The Kier molecular flexibility index (Phi) is 4.51. The fourth-order valence-corrected chi connectivity index (χ4v) is 3.49. The molecule has 106 valence electrons. The van der Waals surface area contributed by atoms with Crippen molar-refractivity contribution in [3.63, 3.8) is 0 Å². The van der Waals surface area contributed by atoms with Crippen molar-refractivity contribution in [2.75, 3.05) is 6.54 Å². The SMILES string of the molecule is CC(C)(CN)NS(=O)(=O)c1c(Cl)cccc1[N+](=O)[O-]. The monoisotopic (exact) mass is 307 g/mol. The minimum Gasteiger partial charge on any atom is -0.329 e. The highest BCUT2D eigenvalue weighted by atomic mass is 35.5. The Labute approximate surface area is 115 Å². The molecule has 1 aromatic rings. The van der Waals surface area contributed by atoms with Crippen LogP contribution in [0.25, 0.3) is 0 Å². The maximum absolute atomic E-state index is 12.2. The van der Waals surface area contributed by atoms with E-state index in [1.165, 1.54) is 12.1 Å². The van der Waals surface area contributed by atoms with Crippen LogP contribution in [0.1, 0.15) is 13.8 Å². The average Bonchev–Trinajstić information content (AvgIpc) is 2.26. The Hall–Kier alpha value is -1.22. The summed E-state index contributed by atoms with van der Waals surface area (Å²) in [6, 6.07) is 3.67. The topological polar surface area (TPSA) is 115 Å². The van der Waals surface area contributed by atoms with Crippen molar-refractivity contribution in [3.05, 3.63) is 33.3 Å². The van der Waals surface area contributed by atoms with Crippen LogP contribution in [-0.2, 0) is 10.0 Å². The van der Waals surface area contributed by atoms with Gasteiger partial charge in [0.2, 0.25) is 10.0 Å². The first-order valence-electron chi connectivity index (χ1n) is 5.28. The molecule has 0 aliphatic carbocycles. The predicted molar refractivity (Wildman–Crippen MR) is 71.6 cm³/mol. The van der Waals surface area contributed by atoms with Gasteiger partial charge in [0.1, 0.15) is 0 Å². The summed E-state index contributed by atoms with van der Waals surface area (Å²) in [5.41, 5.74) is 3.92. The Balaban J connectivity index is 3.41. The Morgan fingerprint density at radius 2 is 2.05 bits per heavy atom. The van der Waals surface area contributed by atoms with Crippen LogP contribution < -0.4 is 10.5 Å². The highest BCUT2D eigenvalue weighted by molar-refractivity contribution is 7.89. The van der Waals surface area contributed by atoms with Gasteiger partial charge in [0.15, 0.2) is 4.90 Å². The Morgan fingerprint density at radius 3 is 2.53 bits per heavy atom. The molecule has 9 heteroatoms. The van der Waals surface area contributed by atoms with E-state index in [1.54, 1.807) is 13.8 Å². The largest absolute Gasteiger partial charge is 0.329 e. The molecule has 0 radical (unpaired) electrons. The molecule has 0 saturated carbocycles. The van der Waals surface area contributed by atoms with Gasteiger partial charge in [0.25, 0.3) is 5.69 Å². The minimum atomic E-state index is -4.14. The van der Waals surface area contributed by atoms with Gasteiger partial charge in [-0.3, -0.25) is 10.1 Å². The number of hydrogen-bond donors (Lipinski definition) is 2. The molecular formula is C10H14ClN3O4S. The quantitative estimate of drug-likeness (QED) is 0.627. The number of hydrogen-bond acceptors (Lipinski definition) is 5. The van der Waals surface area contributed by atoms with Crippen molar-refractivity contribution in [1.82, 2.24) is 4.72 Å². The van der Waals surface area contributed by atoms with Crippen molar-refractivity contribution in [3.8, 4) is 0 Å². The number of sulfonamides is 1. The van der Waals surface area contributed by atoms with Crippen molar-refractivity contribution < 1.29 is 13.3 Å². The molecule has 1 aromatic carbocycles. The van der Waals surface area contributed by atoms with Gasteiger partial charge in [0.05, 0.1) is 9.95 Å². The predicted octanol–water partition coefficient (Wildman–Crippen LogP) is 1.26. The molecule has 0 unspecified atom stereocenters. The van der Waals surface area contributed by atoms with Gasteiger partial charge in [0, 0.05) is 18.2 Å². The van der Waals surface area contributed by atoms with Crippen LogP contribution in [0.15, 0.2) is 23.1 Å². The van der Waals surface area contributed by atoms with E-state index in [0.717, 1.165) is 6.07 Å². The molecule has 19 heavy (non-hydrogen) atoms. The number of nitro benzene ring substituents is 1. The molecule has 0 amide bonds. The first-order valence-corrected chi connectivity index (χ1v) is 7.14. The van der Waals surface area contributed by atoms with E-state index in [9.17, 15) is 18.5 Å². The van der Waals surface area contributed by atoms with E-state index in [1.807, 2.05) is 0 Å². The second kappa shape index (κ2) is 5.41. The van der Waals surface area contributed by atoms with Crippen molar-refractivity contribution in [2.24, 2.45) is 5.73 Å². The van der Waals surface area contributed by atoms with Crippen LogP contribution >= 0.6 is 11.6 Å². The molecular weight excluding hydrogens is 294 g/mol.